The molecule has 3 aliphatic carbocycles. The summed E-state index contributed by atoms with van der Waals surface area (Å²) < 4.78 is 0. The topological polar surface area (TPSA) is 40.5 Å². The second-order valence-corrected chi connectivity index (χ2v) is 19.1. The molecule has 3 aliphatic rings. The second kappa shape index (κ2) is 16.3. The summed E-state index contributed by atoms with van der Waals surface area (Å²) in [6.07, 6.45) is 23.5. The van der Waals surface area contributed by atoms with Gasteiger partial charge in [0.15, 0.2) is 0 Å². The molecule has 4 unspecified atom stereocenters. The first-order valence-electron chi connectivity index (χ1n) is 17.8. The van der Waals surface area contributed by atoms with E-state index in [2.05, 4.69) is 63.0 Å². The van der Waals surface area contributed by atoms with Gasteiger partial charge in [0.1, 0.15) is 5.75 Å². The van der Waals surface area contributed by atoms with Crippen LogP contribution in [0.25, 0.3) is 0 Å². The highest BCUT2D eigenvalue weighted by Gasteiger charge is 2.56. The summed E-state index contributed by atoms with van der Waals surface area (Å²) in [6.45, 7) is 7.33. The SMILES string of the molecule is CCCC[P+](C)(CCCCCCCCCC[C@@H]1Cc2cc(O)ccc2C2CC[C@@]3(C)C(CC[C@@H]3O)C21)c1ccccc1.[I-]. The van der Waals surface area contributed by atoms with Crippen molar-refractivity contribution in [2.45, 2.75) is 129 Å². The van der Waals surface area contributed by atoms with E-state index in [1.165, 1.54) is 107 Å². The van der Waals surface area contributed by atoms with Crippen LogP contribution in [-0.2, 0) is 6.42 Å². The molecule has 0 radical (unpaired) electrons. The van der Waals surface area contributed by atoms with Crippen LogP contribution in [0, 0.1) is 23.2 Å². The summed E-state index contributed by atoms with van der Waals surface area (Å²) in [5.74, 6) is 3.12. The molecule has 2 nitrogen and oxygen atoms in total. The maximum Gasteiger partial charge on any atom is 0.115 e. The first kappa shape index (κ1) is 35.2. The van der Waals surface area contributed by atoms with Crippen LogP contribution < -0.4 is 29.3 Å². The molecular formula is C39H60IO2P. The van der Waals surface area contributed by atoms with Gasteiger partial charge in [-0.25, -0.2) is 0 Å². The van der Waals surface area contributed by atoms with E-state index in [4.69, 9.17) is 0 Å². The zero-order valence-corrected chi connectivity index (χ0v) is 30.5. The molecular weight excluding hydrogens is 658 g/mol. The normalized spacial score (nSPS) is 29.2. The summed E-state index contributed by atoms with van der Waals surface area (Å²) >= 11 is 0. The molecule has 2 fully saturated rings. The van der Waals surface area contributed by atoms with E-state index < -0.39 is 7.26 Å². The average molecular weight is 719 g/mol. The second-order valence-electron chi connectivity index (χ2n) is 14.9. The predicted molar refractivity (Wildman–Crippen MR) is 183 cm³/mol. The largest absolute Gasteiger partial charge is 1.00 e. The highest BCUT2D eigenvalue weighted by Crippen LogP contribution is 2.63. The van der Waals surface area contributed by atoms with Crippen molar-refractivity contribution in [2.75, 3.05) is 19.0 Å². The lowest BCUT2D eigenvalue weighted by atomic mass is 9.52. The van der Waals surface area contributed by atoms with E-state index in [-0.39, 0.29) is 35.5 Å². The van der Waals surface area contributed by atoms with E-state index in [0.29, 0.717) is 29.4 Å². The number of phenolic OH excluding ortho intramolecular Hbond substituents is 1. The minimum absolute atomic E-state index is 0. The highest BCUT2D eigenvalue weighted by molar-refractivity contribution is 7.82. The lowest BCUT2D eigenvalue weighted by Gasteiger charge is -2.53. The Morgan fingerprint density at radius 3 is 2.23 bits per heavy atom. The predicted octanol–water partition coefficient (Wildman–Crippen LogP) is 7.12. The summed E-state index contributed by atoms with van der Waals surface area (Å²) in [7, 11) is -0.999. The van der Waals surface area contributed by atoms with Crippen LogP contribution in [0.5, 0.6) is 5.75 Å². The molecule has 4 heteroatoms. The number of aromatic hydroxyl groups is 1. The quantitative estimate of drug-likeness (QED) is 0.117. The number of aliphatic hydroxyl groups excluding tert-OH is 1. The molecule has 7 atom stereocenters. The molecule has 5 rings (SSSR count). The lowest BCUT2D eigenvalue weighted by molar-refractivity contribution is -0.0396. The van der Waals surface area contributed by atoms with E-state index in [1.54, 1.807) is 5.30 Å². The molecule has 0 bridgehead atoms. The molecule has 240 valence electrons. The molecule has 2 aromatic carbocycles. The third-order valence-corrected chi connectivity index (χ3v) is 16.3. The van der Waals surface area contributed by atoms with Gasteiger partial charge in [0.25, 0.3) is 0 Å². The summed E-state index contributed by atoms with van der Waals surface area (Å²) in [4.78, 5) is 0. The van der Waals surface area contributed by atoms with Gasteiger partial charge in [-0.3, -0.25) is 0 Å². The fourth-order valence-corrected chi connectivity index (χ4v) is 13.2. The van der Waals surface area contributed by atoms with E-state index in [1.807, 2.05) is 6.07 Å². The monoisotopic (exact) mass is 718 g/mol. The number of rotatable bonds is 15. The average Bonchev–Trinajstić information content (AvgIpc) is 3.30. The van der Waals surface area contributed by atoms with Crippen LogP contribution >= 0.6 is 7.26 Å². The molecule has 0 amide bonds. The van der Waals surface area contributed by atoms with Crippen LogP contribution in [0.3, 0.4) is 0 Å². The molecule has 0 aromatic heterocycles. The van der Waals surface area contributed by atoms with Gasteiger partial charge < -0.3 is 34.2 Å². The standard InChI is InChI=1S/C39H59O2P.HI/c1-4-5-26-42(3,33-18-14-12-15-19-33)27-16-11-9-7-6-8-10-13-17-30-28-31-29-32(40)20-21-34(31)35-24-25-39(2)36(38(30)35)22-23-37(39)41;/h12,14-15,18-21,29-30,35-38,41H,4-11,13,16-17,22-28H2,1-3H3;1H/t30-,35?,36?,37+,38?,39+,42?;/m1./s1. The molecule has 2 aromatic rings. The van der Waals surface area contributed by atoms with E-state index >= 15 is 0 Å². The molecule has 2 N–H and O–H groups in total. The Bertz CT molecular complexity index is 1120. The Kier molecular flexibility index (Phi) is 13.3. The van der Waals surface area contributed by atoms with Crippen LogP contribution in [0.15, 0.2) is 48.5 Å². The number of fused-ring (bicyclic) bond motifs is 5. The number of hydrogen-bond donors (Lipinski definition) is 2. The minimum atomic E-state index is -0.999. The van der Waals surface area contributed by atoms with E-state index in [0.717, 1.165) is 19.3 Å². The van der Waals surface area contributed by atoms with Crippen LogP contribution in [0.2, 0.25) is 0 Å². The summed E-state index contributed by atoms with van der Waals surface area (Å²) in [5, 5.41) is 22.8. The fraction of sp³-hybridized carbons (Fsp3) is 0.692. The Morgan fingerprint density at radius 2 is 1.51 bits per heavy atom. The number of benzene rings is 2. The fourth-order valence-electron chi connectivity index (χ4n) is 9.62. The van der Waals surface area contributed by atoms with Gasteiger partial charge in [-0.15, -0.1) is 0 Å². The first-order valence-corrected chi connectivity index (χ1v) is 20.4. The molecule has 2 saturated carbocycles. The van der Waals surface area contributed by atoms with Crippen molar-refractivity contribution in [3.8, 4) is 5.75 Å². The lowest BCUT2D eigenvalue weighted by Crippen LogP contribution is -3.00. The van der Waals surface area contributed by atoms with Crippen molar-refractivity contribution >= 4 is 12.6 Å². The summed E-state index contributed by atoms with van der Waals surface area (Å²) in [6, 6.07) is 17.6. The number of phenols is 1. The molecule has 0 aliphatic heterocycles. The number of hydrogen-bond acceptors (Lipinski definition) is 2. The smallest absolute Gasteiger partial charge is 0.115 e. The van der Waals surface area contributed by atoms with Crippen molar-refractivity contribution in [3.05, 3.63) is 59.7 Å². The van der Waals surface area contributed by atoms with Crippen molar-refractivity contribution in [1.82, 2.24) is 0 Å². The Balaban J connectivity index is 0.00000423. The van der Waals surface area contributed by atoms with Gasteiger partial charge >= 0.3 is 0 Å². The van der Waals surface area contributed by atoms with Crippen LogP contribution in [0.4, 0.5) is 0 Å². The van der Waals surface area contributed by atoms with Gasteiger partial charge in [0.05, 0.1) is 30.4 Å². The summed E-state index contributed by atoms with van der Waals surface area (Å²) in [5.41, 5.74) is 3.03. The van der Waals surface area contributed by atoms with Gasteiger partial charge in [-0.1, -0.05) is 83.1 Å². The van der Waals surface area contributed by atoms with E-state index in [9.17, 15) is 10.2 Å². The third-order valence-electron chi connectivity index (χ3n) is 12.2. The third kappa shape index (κ3) is 8.21. The van der Waals surface area contributed by atoms with Crippen molar-refractivity contribution < 1.29 is 34.2 Å². The minimum Gasteiger partial charge on any atom is -1.00 e. The number of halogens is 1. The Hall–Kier alpha value is -0.640. The molecule has 43 heavy (non-hydrogen) atoms. The van der Waals surface area contributed by atoms with Gasteiger partial charge in [-0.05, 0) is 122 Å². The molecule has 0 saturated heterocycles. The van der Waals surface area contributed by atoms with Crippen molar-refractivity contribution in [1.29, 1.82) is 0 Å². The zero-order valence-electron chi connectivity index (χ0n) is 27.5. The maximum absolute atomic E-state index is 10.9. The number of unbranched alkanes of at least 4 members (excludes halogenated alkanes) is 8. The Morgan fingerprint density at radius 1 is 0.837 bits per heavy atom. The van der Waals surface area contributed by atoms with Crippen molar-refractivity contribution in [2.24, 2.45) is 23.2 Å². The van der Waals surface area contributed by atoms with Crippen LogP contribution in [-0.4, -0.2) is 35.3 Å². The first-order chi connectivity index (χ1) is 20.4. The zero-order chi connectivity index (χ0) is 29.6. The number of aliphatic hydroxyl groups is 1. The van der Waals surface area contributed by atoms with Gasteiger partial charge in [0.2, 0.25) is 0 Å². The Labute approximate surface area is 281 Å². The van der Waals surface area contributed by atoms with Crippen molar-refractivity contribution in [3.63, 3.8) is 0 Å². The van der Waals surface area contributed by atoms with Gasteiger partial charge in [0, 0.05) is 7.26 Å². The maximum atomic E-state index is 10.9. The highest BCUT2D eigenvalue weighted by atomic mass is 127. The molecule has 0 spiro atoms. The van der Waals surface area contributed by atoms with Crippen LogP contribution in [0.1, 0.15) is 127 Å². The van der Waals surface area contributed by atoms with Gasteiger partial charge in [-0.2, -0.15) is 0 Å². The molecule has 0 heterocycles.